The molecule has 1 aromatic rings. The Labute approximate surface area is 128 Å². The average molecular weight is 315 g/mol. The first-order valence-corrected chi connectivity index (χ1v) is 7.97. The molecular formula is C14H19ClN2O2S. The van der Waals surface area contributed by atoms with E-state index < -0.39 is 0 Å². The van der Waals surface area contributed by atoms with E-state index in [1.54, 1.807) is 30.0 Å². The van der Waals surface area contributed by atoms with Gasteiger partial charge in [0.05, 0.1) is 16.6 Å². The van der Waals surface area contributed by atoms with Gasteiger partial charge in [-0.15, -0.1) is 11.8 Å². The lowest BCUT2D eigenvalue weighted by Crippen LogP contribution is -2.27. The van der Waals surface area contributed by atoms with Crippen LogP contribution in [0.25, 0.3) is 0 Å². The van der Waals surface area contributed by atoms with E-state index in [4.69, 9.17) is 22.1 Å². The first-order valence-electron chi connectivity index (χ1n) is 6.65. The topological polar surface area (TPSA) is 64.3 Å². The van der Waals surface area contributed by atoms with Gasteiger partial charge in [-0.1, -0.05) is 11.6 Å². The molecule has 1 unspecified atom stereocenters. The molecule has 3 N–H and O–H groups in total. The van der Waals surface area contributed by atoms with Gasteiger partial charge in [0.25, 0.3) is 0 Å². The third kappa shape index (κ3) is 4.30. The summed E-state index contributed by atoms with van der Waals surface area (Å²) in [6.07, 6.45) is 2.01. The smallest absolute Gasteiger partial charge is 0.237 e. The molecule has 1 amide bonds. The molecule has 0 bridgehead atoms. The number of hydrogen-bond acceptors (Lipinski definition) is 4. The Morgan fingerprint density at radius 3 is 2.85 bits per heavy atom. The zero-order chi connectivity index (χ0) is 14.5. The van der Waals surface area contributed by atoms with Gasteiger partial charge in [-0.05, 0) is 38.0 Å². The summed E-state index contributed by atoms with van der Waals surface area (Å²) >= 11 is 7.53. The number of nitrogens with two attached hydrogens (primary N) is 1. The minimum Gasteiger partial charge on any atom is -0.397 e. The minimum absolute atomic E-state index is 0.0319. The van der Waals surface area contributed by atoms with Crippen molar-refractivity contribution in [3.8, 4) is 0 Å². The number of carbonyl (C=O) groups is 1. The van der Waals surface area contributed by atoms with E-state index in [1.807, 2.05) is 6.92 Å². The van der Waals surface area contributed by atoms with Gasteiger partial charge in [-0.2, -0.15) is 0 Å². The molecule has 1 heterocycles. The number of rotatable bonds is 4. The van der Waals surface area contributed by atoms with Gasteiger partial charge in [0, 0.05) is 23.5 Å². The van der Waals surface area contributed by atoms with Crippen LogP contribution in [0, 0.1) is 0 Å². The summed E-state index contributed by atoms with van der Waals surface area (Å²) in [5.74, 6) is -0.0319. The Balaban J connectivity index is 1.89. The molecule has 0 saturated carbocycles. The number of amides is 1. The number of thioether (sulfide) groups is 1. The fourth-order valence-corrected chi connectivity index (χ4v) is 3.45. The van der Waals surface area contributed by atoms with Crippen LogP contribution in [-0.4, -0.2) is 29.6 Å². The van der Waals surface area contributed by atoms with Gasteiger partial charge in [-0.25, -0.2) is 0 Å². The van der Waals surface area contributed by atoms with Crippen LogP contribution in [0.15, 0.2) is 18.2 Å². The zero-order valence-corrected chi connectivity index (χ0v) is 13.0. The predicted molar refractivity (Wildman–Crippen MR) is 85.4 cm³/mol. The molecule has 4 nitrogen and oxygen atoms in total. The van der Waals surface area contributed by atoms with Gasteiger partial charge < -0.3 is 15.8 Å². The highest BCUT2D eigenvalue weighted by Gasteiger charge is 2.22. The van der Waals surface area contributed by atoms with Crippen LogP contribution in [0.3, 0.4) is 0 Å². The van der Waals surface area contributed by atoms with E-state index in [1.165, 1.54) is 0 Å². The lowest BCUT2D eigenvalue weighted by Gasteiger charge is -2.24. The second-order valence-corrected chi connectivity index (χ2v) is 6.89. The number of nitrogens with one attached hydrogen (secondary N) is 1. The molecule has 0 radical (unpaired) electrons. The Morgan fingerprint density at radius 1 is 1.50 bits per heavy atom. The Morgan fingerprint density at radius 2 is 2.20 bits per heavy atom. The number of benzene rings is 1. The number of anilines is 2. The third-order valence-corrected chi connectivity index (χ3v) is 4.92. The summed E-state index contributed by atoms with van der Waals surface area (Å²) in [4.78, 5) is 12.2. The van der Waals surface area contributed by atoms with E-state index in [2.05, 4.69) is 5.32 Å². The summed E-state index contributed by atoms with van der Waals surface area (Å²) in [7, 11) is 0. The van der Waals surface area contributed by atoms with E-state index in [9.17, 15) is 4.79 Å². The first-order chi connectivity index (χ1) is 9.56. The lowest BCUT2D eigenvalue weighted by molar-refractivity contribution is -0.115. The van der Waals surface area contributed by atoms with Crippen molar-refractivity contribution in [2.45, 2.75) is 30.3 Å². The summed E-state index contributed by atoms with van der Waals surface area (Å²) in [6.45, 7) is 3.49. The number of halogens is 1. The number of nitrogen functional groups attached to an aromatic ring is 1. The Hall–Kier alpha value is -0.910. The number of carbonyl (C=O) groups excluding carboxylic acids is 1. The Bertz CT molecular complexity index is 478. The highest BCUT2D eigenvalue weighted by atomic mass is 35.5. The predicted octanol–water partition coefficient (Wildman–Crippen LogP) is 3.16. The van der Waals surface area contributed by atoms with E-state index in [0.29, 0.717) is 21.6 Å². The molecule has 0 spiro atoms. The van der Waals surface area contributed by atoms with Crippen LogP contribution >= 0.6 is 23.4 Å². The molecule has 1 aliphatic rings. The lowest BCUT2D eigenvalue weighted by atomic mass is 10.2. The molecular weight excluding hydrogens is 296 g/mol. The summed E-state index contributed by atoms with van der Waals surface area (Å²) in [5, 5.41) is 3.79. The molecule has 2 rings (SSSR count). The molecule has 1 fully saturated rings. The quantitative estimate of drug-likeness (QED) is 0.838. The maximum absolute atomic E-state index is 12.2. The van der Waals surface area contributed by atoms with Crippen molar-refractivity contribution in [3.63, 3.8) is 0 Å². The molecule has 1 aromatic carbocycles. The van der Waals surface area contributed by atoms with Crippen LogP contribution in [0.5, 0.6) is 0 Å². The van der Waals surface area contributed by atoms with Gasteiger partial charge in [0.15, 0.2) is 0 Å². The van der Waals surface area contributed by atoms with Crippen molar-refractivity contribution < 1.29 is 9.53 Å². The largest absolute Gasteiger partial charge is 0.397 e. The van der Waals surface area contributed by atoms with Crippen molar-refractivity contribution in [2.75, 3.05) is 24.3 Å². The molecule has 6 heteroatoms. The van der Waals surface area contributed by atoms with Crippen molar-refractivity contribution >= 4 is 40.6 Å². The second kappa shape index (κ2) is 7.20. The molecule has 0 aromatic heterocycles. The average Bonchev–Trinajstić information content (AvgIpc) is 2.43. The van der Waals surface area contributed by atoms with Crippen molar-refractivity contribution in [1.82, 2.24) is 0 Å². The normalized spacial score (nSPS) is 17.7. The molecule has 0 aliphatic carbocycles. The van der Waals surface area contributed by atoms with Crippen molar-refractivity contribution in [2.24, 2.45) is 0 Å². The zero-order valence-electron chi connectivity index (χ0n) is 11.4. The summed E-state index contributed by atoms with van der Waals surface area (Å²) < 4.78 is 5.32. The van der Waals surface area contributed by atoms with Crippen LogP contribution in [0.2, 0.25) is 5.02 Å². The fraction of sp³-hybridized carbons (Fsp3) is 0.500. The van der Waals surface area contributed by atoms with Gasteiger partial charge in [-0.3, -0.25) is 4.79 Å². The van der Waals surface area contributed by atoms with Crippen molar-refractivity contribution in [1.29, 1.82) is 0 Å². The molecule has 1 saturated heterocycles. The maximum atomic E-state index is 12.2. The fourth-order valence-electron chi connectivity index (χ4n) is 2.04. The molecule has 110 valence electrons. The molecule has 20 heavy (non-hydrogen) atoms. The second-order valence-electron chi connectivity index (χ2n) is 4.81. The standard InChI is InChI=1S/C14H19ClN2O2S/c1-9(20-11-4-6-19-7-5-11)14(18)17-13-3-2-10(15)8-12(13)16/h2-3,8-9,11H,4-7,16H2,1H3,(H,17,18). The van der Waals surface area contributed by atoms with E-state index >= 15 is 0 Å². The summed E-state index contributed by atoms with van der Waals surface area (Å²) in [5.41, 5.74) is 6.92. The third-order valence-electron chi connectivity index (χ3n) is 3.21. The highest BCUT2D eigenvalue weighted by Crippen LogP contribution is 2.28. The van der Waals surface area contributed by atoms with Gasteiger partial charge >= 0.3 is 0 Å². The van der Waals surface area contributed by atoms with E-state index in [0.717, 1.165) is 26.1 Å². The monoisotopic (exact) mass is 314 g/mol. The Kier molecular flexibility index (Phi) is 5.57. The van der Waals surface area contributed by atoms with Crippen LogP contribution < -0.4 is 11.1 Å². The molecule has 1 atom stereocenters. The highest BCUT2D eigenvalue weighted by molar-refractivity contribution is 8.01. The van der Waals surface area contributed by atoms with Gasteiger partial charge in [0.2, 0.25) is 5.91 Å². The van der Waals surface area contributed by atoms with E-state index in [-0.39, 0.29) is 11.2 Å². The van der Waals surface area contributed by atoms with Crippen LogP contribution in [0.1, 0.15) is 19.8 Å². The minimum atomic E-state index is -0.117. The van der Waals surface area contributed by atoms with Crippen molar-refractivity contribution in [3.05, 3.63) is 23.2 Å². The summed E-state index contributed by atoms with van der Waals surface area (Å²) in [6, 6.07) is 5.07. The maximum Gasteiger partial charge on any atom is 0.237 e. The van der Waals surface area contributed by atoms with Crippen LogP contribution in [0.4, 0.5) is 11.4 Å². The first kappa shape index (κ1) is 15.5. The van der Waals surface area contributed by atoms with Gasteiger partial charge in [0.1, 0.15) is 0 Å². The molecule has 1 aliphatic heterocycles. The van der Waals surface area contributed by atoms with Crippen LogP contribution in [-0.2, 0) is 9.53 Å². The number of hydrogen-bond donors (Lipinski definition) is 2. The SMILES string of the molecule is CC(SC1CCOCC1)C(=O)Nc1ccc(Cl)cc1N. The number of ether oxygens (including phenoxy) is 1.